The number of benzene rings is 1. The number of aryl methyl sites for hydroxylation is 2. The van der Waals surface area contributed by atoms with E-state index in [4.69, 9.17) is 9.15 Å². The van der Waals surface area contributed by atoms with E-state index >= 15 is 0 Å². The van der Waals surface area contributed by atoms with Gasteiger partial charge in [0.05, 0.1) is 0 Å². The normalized spacial score (nSPS) is 18.2. The minimum atomic E-state index is -0.0265. The number of rotatable bonds is 7. The van der Waals surface area contributed by atoms with Crippen molar-refractivity contribution >= 4 is 16.9 Å². The second-order valence-corrected chi connectivity index (χ2v) is 8.19. The molecular weight excluding hydrogens is 352 g/mol. The highest BCUT2D eigenvalue weighted by atomic mass is 16.5. The molecule has 0 spiro atoms. The third kappa shape index (κ3) is 4.52. The van der Waals surface area contributed by atoms with E-state index in [9.17, 15) is 4.79 Å². The van der Waals surface area contributed by atoms with E-state index in [1.165, 1.54) is 37.8 Å². The lowest BCUT2D eigenvalue weighted by Gasteiger charge is -2.32. The van der Waals surface area contributed by atoms with Crippen LogP contribution in [0.2, 0.25) is 0 Å². The fourth-order valence-electron chi connectivity index (χ4n) is 4.43. The predicted octanol–water partition coefficient (Wildman–Crippen LogP) is 4.07. The smallest absolute Gasteiger partial charge is 0.258 e. The van der Waals surface area contributed by atoms with Crippen LogP contribution in [0.15, 0.2) is 22.6 Å². The van der Waals surface area contributed by atoms with Crippen LogP contribution in [0.4, 0.5) is 0 Å². The minimum Gasteiger partial charge on any atom is -0.484 e. The number of likely N-dealkylation sites (tertiary alicyclic amines) is 1. The maximum atomic E-state index is 12.3. The molecule has 0 radical (unpaired) electrons. The van der Waals surface area contributed by atoms with E-state index < -0.39 is 0 Å². The largest absolute Gasteiger partial charge is 0.484 e. The molecular formula is C23H32N2O3. The molecule has 5 nitrogen and oxygen atoms in total. The predicted molar refractivity (Wildman–Crippen MR) is 111 cm³/mol. The van der Waals surface area contributed by atoms with Gasteiger partial charge < -0.3 is 19.4 Å². The number of carbonyl (C=O) groups is 1. The summed E-state index contributed by atoms with van der Waals surface area (Å²) in [5.41, 5.74) is 2.25. The number of ether oxygens (including phenoxy) is 1. The van der Waals surface area contributed by atoms with Crippen molar-refractivity contribution in [3.05, 3.63) is 29.5 Å². The molecule has 0 unspecified atom stereocenters. The molecule has 1 aliphatic heterocycles. The zero-order chi connectivity index (χ0) is 19.3. The van der Waals surface area contributed by atoms with Crippen molar-refractivity contribution in [2.24, 2.45) is 0 Å². The minimum absolute atomic E-state index is 0.0265. The number of hydrogen-bond acceptors (Lipinski definition) is 4. The van der Waals surface area contributed by atoms with Gasteiger partial charge in [-0.1, -0.05) is 13.3 Å². The van der Waals surface area contributed by atoms with E-state index in [2.05, 4.69) is 17.1 Å². The van der Waals surface area contributed by atoms with Crippen LogP contribution in [-0.2, 0) is 17.6 Å². The first kappa shape index (κ1) is 19.3. The van der Waals surface area contributed by atoms with E-state index in [-0.39, 0.29) is 18.6 Å². The van der Waals surface area contributed by atoms with Crippen molar-refractivity contribution in [2.45, 2.75) is 64.3 Å². The number of furan rings is 1. The first-order chi connectivity index (χ1) is 13.7. The molecule has 1 aromatic heterocycles. The summed E-state index contributed by atoms with van der Waals surface area (Å²) in [5.74, 6) is 1.84. The van der Waals surface area contributed by atoms with E-state index in [0.29, 0.717) is 0 Å². The van der Waals surface area contributed by atoms with Crippen molar-refractivity contribution in [3.63, 3.8) is 0 Å². The molecule has 1 amide bonds. The second-order valence-electron chi connectivity index (χ2n) is 8.19. The van der Waals surface area contributed by atoms with Crippen LogP contribution in [0.25, 0.3) is 11.0 Å². The highest BCUT2D eigenvalue weighted by Gasteiger charge is 2.21. The molecule has 1 saturated heterocycles. The van der Waals surface area contributed by atoms with Gasteiger partial charge in [0, 0.05) is 36.5 Å². The van der Waals surface area contributed by atoms with Crippen LogP contribution < -0.4 is 10.1 Å². The number of fused-ring (bicyclic) bond motifs is 3. The van der Waals surface area contributed by atoms with Crippen molar-refractivity contribution in [1.29, 1.82) is 0 Å². The van der Waals surface area contributed by atoms with Crippen LogP contribution in [0.5, 0.6) is 5.75 Å². The molecule has 2 aliphatic rings. The lowest BCUT2D eigenvalue weighted by atomic mass is 9.96. The Balaban J connectivity index is 1.27. The first-order valence-electron chi connectivity index (χ1n) is 10.9. The summed E-state index contributed by atoms with van der Waals surface area (Å²) < 4.78 is 11.8. The van der Waals surface area contributed by atoms with Gasteiger partial charge in [-0.15, -0.1) is 0 Å². The molecule has 0 bridgehead atoms. The zero-order valence-corrected chi connectivity index (χ0v) is 17.0. The molecule has 5 heteroatoms. The van der Waals surface area contributed by atoms with E-state index in [1.54, 1.807) is 0 Å². The molecule has 1 aromatic carbocycles. The van der Waals surface area contributed by atoms with Crippen LogP contribution >= 0.6 is 0 Å². The average molecular weight is 385 g/mol. The van der Waals surface area contributed by atoms with Gasteiger partial charge in [-0.05, 0) is 63.3 Å². The number of nitrogens with one attached hydrogen (secondary N) is 1. The van der Waals surface area contributed by atoms with Crippen LogP contribution in [-0.4, -0.2) is 43.1 Å². The molecule has 28 heavy (non-hydrogen) atoms. The molecule has 2 heterocycles. The summed E-state index contributed by atoms with van der Waals surface area (Å²) in [4.78, 5) is 14.8. The summed E-state index contributed by atoms with van der Waals surface area (Å²) in [5, 5.41) is 4.28. The highest BCUT2D eigenvalue weighted by molar-refractivity contribution is 5.84. The monoisotopic (exact) mass is 384 g/mol. The topological polar surface area (TPSA) is 54.7 Å². The Morgan fingerprint density at radius 2 is 2.07 bits per heavy atom. The SMILES string of the molecule is CCCCN1CCC(NC(=O)COc2ccc3oc4c(c3c2)CCCC4)CC1. The van der Waals surface area contributed by atoms with E-state index in [1.807, 2.05) is 18.2 Å². The Hall–Kier alpha value is -2.01. The molecule has 4 rings (SSSR count). The van der Waals surface area contributed by atoms with Crippen molar-refractivity contribution in [2.75, 3.05) is 26.2 Å². The Morgan fingerprint density at radius 1 is 1.25 bits per heavy atom. The van der Waals surface area contributed by atoms with Crippen molar-refractivity contribution in [3.8, 4) is 5.75 Å². The van der Waals surface area contributed by atoms with Gasteiger partial charge in [-0.2, -0.15) is 0 Å². The fourth-order valence-corrected chi connectivity index (χ4v) is 4.43. The van der Waals surface area contributed by atoms with Gasteiger partial charge >= 0.3 is 0 Å². The van der Waals surface area contributed by atoms with Gasteiger partial charge in [-0.25, -0.2) is 0 Å². The van der Waals surface area contributed by atoms with Gasteiger partial charge in [0.2, 0.25) is 0 Å². The zero-order valence-electron chi connectivity index (χ0n) is 17.0. The first-order valence-corrected chi connectivity index (χ1v) is 10.9. The lowest BCUT2D eigenvalue weighted by Crippen LogP contribution is -2.46. The molecule has 152 valence electrons. The van der Waals surface area contributed by atoms with Crippen molar-refractivity contribution < 1.29 is 13.9 Å². The number of carbonyl (C=O) groups excluding carboxylic acids is 1. The summed E-state index contributed by atoms with van der Waals surface area (Å²) >= 11 is 0. The van der Waals surface area contributed by atoms with Gasteiger partial charge in [-0.3, -0.25) is 4.79 Å². The Labute approximate surface area is 167 Å². The average Bonchev–Trinajstić information content (AvgIpc) is 3.10. The number of hydrogen-bond donors (Lipinski definition) is 1. The number of piperidine rings is 1. The number of amides is 1. The number of unbranched alkanes of at least 4 members (excludes halogenated alkanes) is 1. The number of nitrogens with zero attached hydrogens (tertiary/aromatic N) is 1. The van der Waals surface area contributed by atoms with Crippen molar-refractivity contribution in [1.82, 2.24) is 10.2 Å². The summed E-state index contributed by atoms with van der Waals surface area (Å²) in [6.07, 6.45) is 9.07. The third-order valence-corrected chi connectivity index (χ3v) is 6.08. The Morgan fingerprint density at radius 3 is 2.89 bits per heavy atom. The summed E-state index contributed by atoms with van der Waals surface area (Å²) in [6, 6.07) is 6.17. The molecule has 2 aromatic rings. The standard InChI is InChI=1S/C23H32N2O3/c1-2-3-12-25-13-10-17(11-14-25)24-23(26)16-27-18-8-9-22-20(15-18)19-6-4-5-7-21(19)28-22/h8-9,15,17H,2-7,10-14,16H2,1H3,(H,24,26). The van der Waals surface area contributed by atoms with Gasteiger partial charge in [0.1, 0.15) is 17.1 Å². The molecule has 1 aliphatic carbocycles. The van der Waals surface area contributed by atoms with Crippen LogP contribution in [0.1, 0.15) is 56.8 Å². The van der Waals surface area contributed by atoms with Crippen LogP contribution in [0, 0.1) is 0 Å². The third-order valence-electron chi connectivity index (χ3n) is 6.08. The summed E-state index contributed by atoms with van der Waals surface area (Å²) in [6.45, 7) is 5.64. The molecule has 1 N–H and O–H groups in total. The Bertz CT molecular complexity index is 806. The molecule has 0 saturated carbocycles. The maximum absolute atomic E-state index is 12.3. The molecule has 0 atom stereocenters. The second kappa shape index (κ2) is 8.99. The van der Waals surface area contributed by atoms with Gasteiger partial charge in [0.15, 0.2) is 6.61 Å². The highest BCUT2D eigenvalue weighted by Crippen LogP contribution is 2.33. The molecule has 1 fully saturated rings. The van der Waals surface area contributed by atoms with E-state index in [0.717, 1.165) is 61.3 Å². The maximum Gasteiger partial charge on any atom is 0.258 e. The Kier molecular flexibility index (Phi) is 6.20. The van der Waals surface area contributed by atoms with Gasteiger partial charge in [0.25, 0.3) is 5.91 Å². The fraction of sp³-hybridized carbons (Fsp3) is 0.609. The lowest BCUT2D eigenvalue weighted by molar-refractivity contribution is -0.124. The van der Waals surface area contributed by atoms with Crippen LogP contribution in [0.3, 0.4) is 0 Å². The quantitative estimate of drug-likeness (QED) is 0.782. The summed E-state index contributed by atoms with van der Waals surface area (Å²) in [7, 11) is 0.